The molecule has 178 valence electrons. The molecule has 2 N–H and O–H groups in total. The Hall–Kier alpha value is -2.80. The fourth-order valence-corrected chi connectivity index (χ4v) is 5.79. The van der Waals surface area contributed by atoms with Crippen molar-refractivity contribution in [3.05, 3.63) is 47.5 Å². The summed E-state index contributed by atoms with van der Waals surface area (Å²) in [7, 11) is -7.67. The maximum Gasteiger partial charge on any atom is 0.240 e. The van der Waals surface area contributed by atoms with Crippen molar-refractivity contribution in [2.75, 3.05) is 13.1 Å². The number of carboxylic acids is 2. The molecule has 0 amide bonds. The Morgan fingerprint density at radius 1 is 0.727 bits per heavy atom. The zero-order valence-corrected chi connectivity index (χ0v) is 19.1. The van der Waals surface area contributed by atoms with Gasteiger partial charge in [-0.15, -0.1) is 0 Å². The summed E-state index contributed by atoms with van der Waals surface area (Å²) in [5, 5.41) is 20.9. The van der Waals surface area contributed by atoms with Crippen LogP contribution < -0.4 is 19.7 Å². The molecule has 0 aromatic heterocycles. The highest BCUT2D eigenvalue weighted by Gasteiger charge is 2.24. The lowest BCUT2D eigenvalue weighted by molar-refractivity contribution is -0.307. The molecule has 0 unspecified atom stereocenters. The average molecular weight is 495 g/mol. The molecule has 0 saturated heterocycles. The van der Waals surface area contributed by atoms with E-state index in [0.717, 1.165) is 22.3 Å². The average Bonchev–Trinajstić information content (AvgIpc) is 3.11. The van der Waals surface area contributed by atoms with E-state index in [1.54, 1.807) is 12.1 Å². The molecule has 3 rings (SSSR count). The van der Waals surface area contributed by atoms with E-state index in [1.165, 1.54) is 24.3 Å². The number of benzene rings is 2. The predicted molar refractivity (Wildman–Crippen MR) is 114 cm³/mol. The van der Waals surface area contributed by atoms with E-state index in [2.05, 4.69) is 9.44 Å². The summed E-state index contributed by atoms with van der Waals surface area (Å²) in [6.07, 6.45) is 0.0530. The number of aliphatic carboxylic acids is 2. The van der Waals surface area contributed by atoms with Crippen LogP contribution in [0.2, 0.25) is 0 Å². The molecule has 0 radical (unpaired) electrons. The Bertz CT molecular complexity index is 1190. The van der Waals surface area contributed by atoms with Crippen LogP contribution in [0.15, 0.2) is 46.2 Å². The maximum atomic E-state index is 12.5. The molecule has 0 fully saturated rings. The molecule has 2 aromatic carbocycles. The van der Waals surface area contributed by atoms with Crippen molar-refractivity contribution in [2.24, 2.45) is 0 Å². The minimum atomic E-state index is -3.83. The Morgan fingerprint density at radius 3 is 1.48 bits per heavy atom. The third-order valence-corrected chi connectivity index (χ3v) is 8.06. The van der Waals surface area contributed by atoms with Gasteiger partial charge in [0.15, 0.2) is 0 Å². The molecular weight excluding hydrogens is 472 g/mol. The molecule has 1 aliphatic carbocycles. The fourth-order valence-electron chi connectivity index (χ4n) is 3.54. The van der Waals surface area contributed by atoms with E-state index in [4.69, 9.17) is 0 Å². The lowest BCUT2D eigenvalue weighted by Gasteiger charge is -2.09. The van der Waals surface area contributed by atoms with E-state index in [1.807, 2.05) is 0 Å². The normalized spacial score (nSPS) is 12.8. The number of fused-ring (bicyclic) bond motifs is 3. The van der Waals surface area contributed by atoms with Crippen LogP contribution in [0.1, 0.15) is 36.8 Å². The number of carbonyl (C=O) groups excluding carboxylic acids is 2. The number of nitrogens with one attached hydrogen (secondary N) is 2. The predicted octanol–water partition coefficient (Wildman–Crippen LogP) is -1.13. The van der Waals surface area contributed by atoms with Crippen molar-refractivity contribution < 1.29 is 36.6 Å². The van der Waals surface area contributed by atoms with Crippen LogP contribution in [0, 0.1) is 0 Å². The summed E-state index contributed by atoms with van der Waals surface area (Å²) >= 11 is 0. The lowest BCUT2D eigenvalue weighted by Crippen LogP contribution is -2.27. The fraction of sp³-hybridized carbons (Fsp3) is 0.333. The van der Waals surface area contributed by atoms with Gasteiger partial charge in [0.2, 0.25) is 20.0 Å². The number of carbonyl (C=O) groups is 2. The molecule has 10 nitrogen and oxygen atoms in total. The quantitative estimate of drug-likeness (QED) is 0.298. The third-order valence-electron chi connectivity index (χ3n) is 5.14. The Labute approximate surface area is 191 Å². The van der Waals surface area contributed by atoms with Crippen LogP contribution in [0.4, 0.5) is 0 Å². The van der Waals surface area contributed by atoms with Crippen LogP contribution in [-0.4, -0.2) is 41.9 Å². The largest absolute Gasteiger partial charge is 0.550 e. The van der Waals surface area contributed by atoms with Gasteiger partial charge >= 0.3 is 0 Å². The van der Waals surface area contributed by atoms with Crippen molar-refractivity contribution in [3.63, 3.8) is 0 Å². The summed E-state index contributed by atoms with van der Waals surface area (Å²) in [5.41, 5.74) is 3.04. The van der Waals surface area contributed by atoms with E-state index in [9.17, 15) is 36.6 Å². The molecule has 12 heteroatoms. The number of hydrogen-bond donors (Lipinski definition) is 2. The highest BCUT2D eigenvalue weighted by molar-refractivity contribution is 7.89. The molecule has 0 aliphatic heterocycles. The van der Waals surface area contributed by atoms with Crippen molar-refractivity contribution in [2.45, 2.75) is 41.9 Å². The van der Waals surface area contributed by atoms with Gasteiger partial charge in [0, 0.05) is 25.0 Å². The summed E-state index contributed by atoms with van der Waals surface area (Å²) in [5.74, 6) is -2.50. The second-order valence-corrected chi connectivity index (χ2v) is 11.1. The Morgan fingerprint density at radius 2 is 1.12 bits per heavy atom. The van der Waals surface area contributed by atoms with Gasteiger partial charge in [-0.05, 0) is 78.6 Å². The maximum absolute atomic E-state index is 12.5. The molecule has 0 spiro atoms. The van der Waals surface area contributed by atoms with Crippen LogP contribution in [-0.2, 0) is 36.1 Å². The van der Waals surface area contributed by atoms with E-state index >= 15 is 0 Å². The van der Waals surface area contributed by atoms with Gasteiger partial charge < -0.3 is 19.8 Å². The van der Waals surface area contributed by atoms with Crippen molar-refractivity contribution in [1.82, 2.24) is 9.44 Å². The monoisotopic (exact) mass is 494 g/mol. The number of rotatable bonds is 12. The molecule has 2 aromatic rings. The topological polar surface area (TPSA) is 173 Å². The van der Waals surface area contributed by atoms with Gasteiger partial charge in [-0.1, -0.05) is 12.1 Å². The van der Waals surface area contributed by atoms with Gasteiger partial charge in [-0.25, -0.2) is 26.3 Å². The summed E-state index contributed by atoms with van der Waals surface area (Å²) in [6, 6.07) is 9.23. The zero-order chi connectivity index (χ0) is 24.2. The summed E-state index contributed by atoms with van der Waals surface area (Å²) in [4.78, 5) is 21.0. The summed E-state index contributed by atoms with van der Waals surface area (Å²) in [6.45, 7) is -0.0738. The minimum Gasteiger partial charge on any atom is -0.550 e. The molecule has 1 aliphatic rings. The summed E-state index contributed by atoms with van der Waals surface area (Å²) < 4.78 is 54.7. The highest BCUT2D eigenvalue weighted by atomic mass is 32.2. The lowest BCUT2D eigenvalue weighted by atomic mass is 10.1. The molecule has 0 heterocycles. The molecule has 0 saturated carbocycles. The second-order valence-electron chi connectivity index (χ2n) is 7.56. The standard InChI is InChI=1S/C21H24N2O8S2/c24-20(25)3-1-9-22-32(28,29)16-5-7-18-14(12-16)11-15-13-17(6-8-19(15)18)33(30,31)23-10-2-4-21(26)27/h5-8,12-13,22-23H,1-4,9-11H2,(H,24,25)(H,26,27)/p-2. The van der Waals surface area contributed by atoms with Crippen molar-refractivity contribution in [1.29, 1.82) is 0 Å². The zero-order valence-electron chi connectivity index (χ0n) is 17.5. The first-order chi connectivity index (χ1) is 15.5. The second kappa shape index (κ2) is 10.00. The van der Waals surface area contributed by atoms with E-state index < -0.39 is 32.0 Å². The van der Waals surface area contributed by atoms with Crippen LogP contribution in [0.5, 0.6) is 0 Å². The van der Waals surface area contributed by atoms with Gasteiger partial charge in [0.05, 0.1) is 9.79 Å². The SMILES string of the molecule is O=C([O-])CCCNS(=O)(=O)c1ccc2c(c1)Cc1cc(S(=O)(=O)NCCCC(=O)[O-])ccc1-2. The van der Waals surface area contributed by atoms with Gasteiger partial charge in [0.1, 0.15) is 0 Å². The first-order valence-corrected chi connectivity index (χ1v) is 13.1. The smallest absolute Gasteiger partial charge is 0.240 e. The Kier molecular flexibility index (Phi) is 7.52. The number of sulfonamides is 2. The highest BCUT2D eigenvalue weighted by Crippen LogP contribution is 2.38. The van der Waals surface area contributed by atoms with Crippen LogP contribution >= 0.6 is 0 Å². The van der Waals surface area contributed by atoms with Gasteiger partial charge in [-0.3, -0.25) is 0 Å². The molecule has 33 heavy (non-hydrogen) atoms. The van der Waals surface area contributed by atoms with E-state index in [-0.39, 0.29) is 48.6 Å². The number of hydrogen-bond acceptors (Lipinski definition) is 8. The van der Waals surface area contributed by atoms with Gasteiger partial charge in [-0.2, -0.15) is 0 Å². The number of carboxylic acid groups (broad SMARTS) is 2. The minimum absolute atomic E-state index is 0.0324. The van der Waals surface area contributed by atoms with Crippen LogP contribution in [0.25, 0.3) is 11.1 Å². The van der Waals surface area contributed by atoms with Gasteiger partial charge in [0.25, 0.3) is 0 Å². The van der Waals surface area contributed by atoms with Crippen molar-refractivity contribution in [3.8, 4) is 11.1 Å². The molecule has 0 bridgehead atoms. The molecular formula is C21H22N2O8S2-2. The van der Waals surface area contributed by atoms with E-state index in [0.29, 0.717) is 6.42 Å². The third kappa shape index (κ3) is 6.16. The van der Waals surface area contributed by atoms with Crippen LogP contribution in [0.3, 0.4) is 0 Å². The first-order valence-electron chi connectivity index (χ1n) is 10.1. The first kappa shape index (κ1) is 24.8. The van der Waals surface area contributed by atoms with Crippen molar-refractivity contribution >= 4 is 32.0 Å². The Balaban J connectivity index is 1.73. The molecule has 0 atom stereocenters.